The summed E-state index contributed by atoms with van der Waals surface area (Å²) >= 11 is 0. The first-order chi connectivity index (χ1) is 15.7. The van der Waals surface area contributed by atoms with Gasteiger partial charge in [-0.05, 0) is 100 Å². The second-order valence-corrected chi connectivity index (χ2v) is 11.8. The van der Waals surface area contributed by atoms with Gasteiger partial charge in [-0.25, -0.2) is 0 Å². The zero-order valence-corrected chi connectivity index (χ0v) is 21.6. The van der Waals surface area contributed by atoms with Crippen molar-refractivity contribution in [3.8, 4) is 0 Å². The number of rotatable bonds is 12. The van der Waals surface area contributed by atoms with Crippen LogP contribution in [0.5, 0.6) is 0 Å². The SMILES string of the molecule is CCCCCCC[C@H]1CC[C@H]([C@H]2CC[C@H]([C@H]3CC[C@H](OC(=O)CCCC)CC3)CC2)CC1. The Kier molecular flexibility index (Phi) is 12.0. The van der Waals surface area contributed by atoms with Crippen molar-refractivity contribution in [1.82, 2.24) is 0 Å². The lowest BCUT2D eigenvalue weighted by Crippen LogP contribution is -2.31. The Labute approximate surface area is 200 Å². The highest BCUT2D eigenvalue weighted by molar-refractivity contribution is 5.69. The van der Waals surface area contributed by atoms with Crippen molar-refractivity contribution >= 4 is 5.97 Å². The number of unbranched alkanes of at least 4 members (excludes halogenated alkanes) is 5. The minimum Gasteiger partial charge on any atom is -0.462 e. The molecule has 0 aromatic rings. The van der Waals surface area contributed by atoms with Crippen LogP contribution in [0, 0.1) is 29.6 Å². The van der Waals surface area contributed by atoms with Crippen LogP contribution < -0.4 is 0 Å². The smallest absolute Gasteiger partial charge is 0.306 e. The molecule has 0 N–H and O–H groups in total. The van der Waals surface area contributed by atoms with Gasteiger partial charge in [-0.3, -0.25) is 4.79 Å². The van der Waals surface area contributed by atoms with Gasteiger partial charge in [0.25, 0.3) is 0 Å². The van der Waals surface area contributed by atoms with E-state index in [1.165, 1.54) is 103 Å². The van der Waals surface area contributed by atoms with Crippen molar-refractivity contribution < 1.29 is 9.53 Å². The number of hydrogen-bond donors (Lipinski definition) is 0. The minimum absolute atomic E-state index is 0.0435. The molecule has 3 aliphatic carbocycles. The van der Waals surface area contributed by atoms with E-state index in [0.717, 1.165) is 55.3 Å². The Morgan fingerprint density at radius 1 is 0.594 bits per heavy atom. The molecule has 0 bridgehead atoms. The van der Waals surface area contributed by atoms with E-state index in [4.69, 9.17) is 4.74 Å². The molecule has 0 aliphatic heterocycles. The van der Waals surface area contributed by atoms with Crippen molar-refractivity contribution in [3.63, 3.8) is 0 Å². The molecule has 2 heteroatoms. The Hall–Kier alpha value is -0.530. The Morgan fingerprint density at radius 2 is 1.06 bits per heavy atom. The Morgan fingerprint density at radius 3 is 1.59 bits per heavy atom. The summed E-state index contributed by atoms with van der Waals surface area (Å²) < 4.78 is 5.74. The van der Waals surface area contributed by atoms with E-state index >= 15 is 0 Å². The molecule has 186 valence electrons. The largest absolute Gasteiger partial charge is 0.462 e. The maximum atomic E-state index is 11.9. The van der Waals surface area contributed by atoms with Crippen LogP contribution in [0.25, 0.3) is 0 Å². The van der Waals surface area contributed by atoms with Crippen LogP contribution in [0.15, 0.2) is 0 Å². The normalized spacial score (nSPS) is 33.7. The summed E-state index contributed by atoms with van der Waals surface area (Å²) in [6.07, 6.45) is 28.5. The molecule has 0 aromatic carbocycles. The molecule has 0 unspecified atom stereocenters. The topological polar surface area (TPSA) is 26.3 Å². The molecule has 2 nitrogen and oxygen atoms in total. The summed E-state index contributed by atoms with van der Waals surface area (Å²) in [5.74, 6) is 5.04. The second kappa shape index (κ2) is 14.7. The highest BCUT2D eigenvalue weighted by atomic mass is 16.5. The molecule has 32 heavy (non-hydrogen) atoms. The van der Waals surface area contributed by atoms with Crippen molar-refractivity contribution in [1.29, 1.82) is 0 Å². The molecule has 0 spiro atoms. The molecule has 0 aromatic heterocycles. The van der Waals surface area contributed by atoms with Crippen LogP contribution in [-0.4, -0.2) is 12.1 Å². The first-order valence-corrected chi connectivity index (χ1v) is 14.9. The average molecular weight is 447 g/mol. The summed E-state index contributed by atoms with van der Waals surface area (Å²) in [6, 6.07) is 0. The third-order valence-electron chi connectivity index (χ3n) is 9.51. The summed E-state index contributed by atoms with van der Waals surface area (Å²) in [5, 5.41) is 0. The molecule has 0 heterocycles. The van der Waals surface area contributed by atoms with Crippen LogP contribution in [0.1, 0.15) is 149 Å². The minimum atomic E-state index is 0.0435. The molecule has 0 saturated heterocycles. The van der Waals surface area contributed by atoms with Gasteiger partial charge >= 0.3 is 5.97 Å². The zero-order chi connectivity index (χ0) is 22.6. The monoisotopic (exact) mass is 446 g/mol. The van der Waals surface area contributed by atoms with Gasteiger partial charge in [0, 0.05) is 6.42 Å². The zero-order valence-electron chi connectivity index (χ0n) is 21.6. The first-order valence-electron chi connectivity index (χ1n) is 14.9. The molecule has 3 fully saturated rings. The van der Waals surface area contributed by atoms with Crippen molar-refractivity contribution in [2.45, 2.75) is 155 Å². The third-order valence-corrected chi connectivity index (χ3v) is 9.51. The lowest BCUT2D eigenvalue weighted by Gasteiger charge is -2.41. The van der Waals surface area contributed by atoms with Crippen LogP contribution in [-0.2, 0) is 9.53 Å². The summed E-state index contributed by atoms with van der Waals surface area (Å²) in [5.41, 5.74) is 0. The summed E-state index contributed by atoms with van der Waals surface area (Å²) in [6.45, 7) is 4.45. The molecule has 3 saturated carbocycles. The van der Waals surface area contributed by atoms with Gasteiger partial charge in [-0.15, -0.1) is 0 Å². The molecule has 0 radical (unpaired) electrons. The molecule has 3 rings (SSSR count). The Bertz CT molecular complexity index is 491. The third kappa shape index (κ3) is 8.68. The standard InChI is InChI=1S/C30H54O2/c1-3-5-7-8-9-10-24-12-14-25(15-13-24)26-16-18-27(19-17-26)28-20-22-29(23-21-28)32-30(31)11-6-4-2/h24-29H,3-23H2,1-2H3/t24-,25-,26-,27-,28-,29-. The lowest BCUT2D eigenvalue weighted by molar-refractivity contribution is -0.151. The van der Waals surface area contributed by atoms with E-state index < -0.39 is 0 Å². The van der Waals surface area contributed by atoms with Crippen molar-refractivity contribution in [2.24, 2.45) is 29.6 Å². The maximum absolute atomic E-state index is 11.9. The van der Waals surface area contributed by atoms with E-state index in [2.05, 4.69) is 13.8 Å². The van der Waals surface area contributed by atoms with Crippen LogP contribution in [0.3, 0.4) is 0 Å². The number of hydrogen-bond acceptors (Lipinski definition) is 2. The van der Waals surface area contributed by atoms with Gasteiger partial charge in [-0.2, -0.15) is 0 Å². The fourth-order valence-corrected chi connectivity index (χ4v) is 7.32. The van der Waals surface area contributed by atoms with Crippen molar-refractivity contribution in [2.75, 3.05) is 0 Å². The highest BCUT2D eigenvalue weighted by Gasteiger charge is 2.35. The average Bonchev–Trinajstić information content (AvgIpc) is 2.84. The van der Waals surface area contributed by atoms with Gasteiger partial charge < -0.3 is 4.74 Å². The number of carbonyl (C=O) groups is 1. The molecule has 3 aliphatic rings. The number of ether oxygens (including phenoxy) is 1. The van der Waals surface area contributed by atoms with Crippen LogP contribution in [0.4, 0.5) is 0 Å². The van der Waals surface area contributed by atoms with E-state index in [9.17, 15) is 4.79 Å². The maximum Gasteiger partial charge on any atom is 0.306 e. The van der Waals surface area contributed by atoms with Gasteiger partial charge in [0.05, 0.1) is 0 Å². The predicted molar refractivity (Wildman–Crippen MR) is 136 cm³/mol. The van der Waals surface area contributed by atoms with Gasteiger partial charge in [0.1, 0.15) is 6.10 Å². The van der Waals surface area contributed by atoms with Crippen molar-refractivity contribution in [3.05, 3.63) is 0 Å². The molecular formula is C30H54O2. The number of esters is 1. The van der Waals surface area contributed by atoms with Crippen LogP contribution in [0.2, 0.25) is 0 Å². The van der Waals surface area contributed by atoms with E-state index in [0.29, 0.717) is 6.42 Å². The Balaban J connectivity index is 1.26. The first kappa shape index (κ1) is 26.1. The fourth-order valence-electron chi connectivity index (χ4n) is 7.32. The van der Waals surface area contributed by atoms with Gasteiger partial charge in [-0.1, -0.05) is 71.6 Å². The molecule has 0 amide bonds. The van der Waals surface area contributed by atoms with Gasteiger partial charge in [0.15, 0.2) is 0 Å². The second-order valence-electron chi connectivity index (χ2n) is 11.8. The van der Waals surface area contributed by atoms with Crippen LogP contribution >= 0.6 is 0 Å². The van der Waals surface area contributed by atoms with E-state index in [1.807, 2.05) is 0 Å². The van der Waals surface area contributed by atoms with E-state index in [1.54, 1.807) is 0 Å². The highest BCUT2D eigenvalue weighted by Crippen LogP contribution is 2.46. The molecular weight excluding hydrogens is 392 g/mol. The molecule has 0 atom stereocenters. The predicted octanol–water partition coefficient (Wildman–Crippen LogP) is 9.25. The summed E-state index contributed by atoms with van der Waals surface area (Å²) in [4.78, 5) is 11.9. The van der Waals surface area contributed by atoms with Gasteiger partial charge in [0.2, 0.25) is 0 Å². The number of carbonyl (C=O) groups excluding carboxylic acids is 1. The lowest BCUT2D eigenvalue weighted by atomic mass is 9.65. The quantitative estimate of drug-likeness (QED) is 0.220. The summed E-state index contributed by atoms with van der Waals surface area (Å²) in [7, 11) is 0. The van der Waals surface area contributed by atoms with E-state index in [-0.39, 0.29) is 12.1 Å². The fraction of sp³-hybridized carbons (Fsp3) is 0.967.